The van der Waals surface area contributed by atoms with Gasteiger partial charge in [-0.05, 0) is 47.5 Å². The first-order valence-corrected chi connectivity index (χ1v) is 6.78. The Labute approximate surface area is 125 Å². The van der Waals surface area contributed by atoms with Gasteiger partial charge < -0.3 is 5.11 Å². The van der Waals surface area contributed by atoms with Crippen LogP contribution in [-0.2, 0) is 11.2 Å². The number of halogens is 1. The zero-order valence-corrected chi connectivity index (χ0v) is 12.2. The molecule has 0 fully saturated rings. The fourth-order valence-corrected chi connectivity index (χ4v) is 1.83. The van der Waals surface area contributed by atoms with Crippen molar-refractivity contribution in [3.8, 4) is 5.75 Å². The van der Waals surface area contributed by atoms with E-state index in [2.05, 4.69) is 26.5 Å². The van der Waals surface area contributed by atoms with Gasteiger partial charge in [0.25, 0.3) is 0 Å². The molecule has 0 aromatic heterocycles. The number of hydrogen-bond acceptors (Lipinski definition) is 3. The van der Waals surface area contributed by atoms with Gasteiger partial charge in [-0.1, -0.05) is 28.1 Å². The maximum absolute atomic E-state index is 11.7. The molecule has 0 heterocycles. The second-order valence-electron chi connectivity index (χ2n) is 4.19. The molecule has 5 heteroatoms. The van der Waals surface area contributed by atoms with Crippen LogP contribution in [0.2, 0.25) is 0 Å². The van der Waals surface area contributed by atoms with Crippen molar-refractivity contribution < 1.29 is 9.90 Å². The van der Waals surface area contributed by atoms with Crippen molar-refractivity contribution in [3.63, 3.8) is 0 Å². The zero-order chi connectivity index (χ0) is 14.4. The van der Waals surface area contributed by atoms with Gasteiger partial charge in [-0.15, -0.1) is 0 Å². The van der Waals surface area contributed by atoms with Crippen LogP contribution in [0.3, 0.4) is 0 Å². The van der Waals surface area contributed by atoms with Crippen molar-refractivity contribution in [2.75, 3.05) is 0 Å². The summed E-state index contributed by atoms with van der Waals surface area (Å²) in [5, 5.41) is 13.0. The standard InChI is InChI=1S/C15H13BrN2O2/c16-13-5-1-11(2-6-13)9-15(20)18-17-10-12-3-7-14(19)8-4-12/h1-8,10,19H,9H2,(H,18,20)/b17-10-. The number of nitrogens with zero attached hydrogens (tertiary/aromatic N) is 1. The molecule has 0 atom stereocenters. The molecule has 2 N–H and O–H groups in total. The predicted octanol–water partition coefficient (Wildman–Crippen LogP) is 2.85. The number of benzene rings is 2. The number of phenols is 1. The molecule has 0 unspecified atom stereocenters. The minimum atomic E-state index is -0.178. The Bertz CT molecular complexity index is 607. The molecule has 0 saturated carbocycles. The summed E-state index contributed by atoms with van der Waals surface area (Å²) in [7, 11) is 0. The van der Waals surface area contributed by atoms with Gasteiger partial charge >= 0.3 is 0 Å². The van der Waals surface area contributed by atoms with E-state index < -0.39 is 0 Å². The number of hydrazone groups is 1. The van der Waals surface area contributed by atoms with Crippen LogP contribution in [0.4, 0.5) is 0 Å². The van der Waals surface area contributed by atoms with Crippen LogP contribution in [0.5, 0.6) is 5.75 Å². The first-order valence-electron chi connectivity index (χ1n) is 5.99. The van der Waals surface area contributed by atoms with Crippen LogP contribution >= 0.6 is 15.9 Å². The van der Waals surface area contributed by atoms with Crippen molar-refractivity contribution in [1.29, 1.82) is 0 Å². The number of carbonyl (C=O) groups is 1. The molecule has 0 aliphatic rings. The maximum Gasteiger partial charge on any atom is 0.244 e. The molecule has 0 spiro atoms. The highest BCUT2D eigenvalue weighted by atomic mass is 79.9. The molecule has 2 rings (SSSR count). The van der Waals surface area contributed by atoms with Gasteiger partial charge in [-0.3, -0.25) is 4.79 Å². The topological polar surface area (TPSA) is 61.7 Å². The van der Waals surface area contributed by atoms with Crippen molar-refractivity contribution in [2.45, 2.75) is 6.42 Å². The molecule has 0 radical (unpaired) electrons. The zero-order valence-electron chi connectivity index (χ0n) is 10.6. The van der Waals surface area contributed by atoms with E-state index in [-0.39, 0.29) is 18.1 Å². The first kappa shape index (κ1) is 14.3. The summed E-state index contributed by atoms with van der Waals surface area (Å²) in [4.78, 5) is 11.7. The molecule has 0 bridgehead atoms. The van der Waals surface area contributed by atoms with Gasteiger partial charge in [0.1, 0.15) is 5.75 Å². The Hall–Kier alpha value is -2.14. The third-order valence-electron chi connectivity index (χ3n) is 2.57. The summed E-state index contributed by atoms with van der Waals surface area (Å²) in [6.07, 6.45) is 1.80. The van der Waals surface area contributed by atoms with Gasteiger partial charge in [-0.2, -0.15) is 5.10 Å². The molecule has 102 valence electrons. The largest absolute Gasteiger partial charge is 0.508 e. The quantitative estimate of drug-likeness (QED) is 0.668. The molecule has 0 aliphatic carbocycles. The first-order chi connectivity index (χ1) is 9.63. The second-order valence-corrected chi connectivity index (χ2v) is 5.10. The lowest BCUT2D eigenvalue weighted by atomic mass is 10.1. The van der Waals surface area contributed by atoms with Gasteiger partial charge in [0, 0.05) is 4.47 Å². The molecular weight excluding hydrogens is 320 g/mol. The van der Waals surface area contributed by atoms with E-state index >= 15 is 0 Å². The van der Waals surface area contributed by atoms with Gasteiger partial charge in [0.2, 0.25) is 5.91 Å². The van der Waals surface area contributed by atoms with Crippen LogP contribution in [-0.4, -0.2) is 17.2 Å². The molecule has 20 heavy (non-hydrogen) atoms. The average molecular weight is 333 g/mol. The summed E-state index contributed by atoms with van der Waals surface area (Å²) in [5.41, 5.74) is 4.18. The van der Waals surface area contributed by atoms with Crippen LogP contribution in [0.1, 0.15) is 11.1 Å². The van der Waals surface area contributed by atoms with E-state index in [0.29, 0.717) is 0 Å². The summed E-state index contributed by atoms with van der Waals surface area (Å²) >= 11 is 3.34. The van der Waals surface area contributed by atoms with E-state index in [4.69, 9.17) is 5.11 Å². The molecule has 2 aromatic carbocycles. The third-order valence-corrected chi connectivity index (χ3v) is 3.10. The highest BCUT2D eigenvalue weighted by Gasteiger charge is 2.01. The van der Waals surface area contributed by atoms with Crippen molar-refractivity contribution in [3.05, 3.63) is 64.1 Å². The summed E-state index contributed by atoms with van der Waals surface area (Å²) in [6, 6.07) is 14.1. The van der Waals surface area contributed by atoms with Gasteiger partial charge in [0.15, 0.2) is 0 Å². The maximum atomic E-state index is 11.7. The third kappa shape index (κ3) is 4.51. The normalized spacial score (nSPS) is 10.7. The van der Waals surface area contributed by atoms with Gasteiger partial charge in [-0.25, -0.2) is 5.43 Å². The minimum Gasteiger partial charge on any atom is -0.508 e. The Morgan fingerprint density at radius 3 is 2.45 bits per heavy atom. The van der Waals surface area contributed by atoms with Crippen molar-refractivity contribution in [1.82, 2.24) is 5.43 Å². The molecule has 2 aromatic rings. The van der Waals surface area contributed by atoms with Crippen molar-refractivity contribution in [2.24, 2.45) is 5.10 Å². The van der Waals surface area contributed by atoms with Crippen LogP contribution in [0, 0.1) is 0 Å². The predicted molar refractivity (Wildman–Crippen MR) is 81.7 cm³/mol. The molecule has 4 nitrogen and oxygen atoms in total. The SMILES string of the molecule is O=C(Cc1ccc(Br)cc1)N/N=C\c1ccc(O)cc1. The van der Waals surface area contributed by atoms with E-state index in [0.717, 1.165) is 15.6 Å². The average Bonchev–Trinajstić information content (AvgIpc) is 2.44. The monoisotopic (exact) mass is 332 g/mol. The highest BCUT2D eigenvalue weighted by Crippen LogP contribution is 2.11. The number of nitrogens with one attached hydrogen (secondary N) is 1. The number of amides is 1. The van der Waals surface area contributed by atoms with Crippen LogP contribution in [0.15, 0.2) is 58.1 Å². The Kier molecular flexibility index (Phi) is 4.90. The van der Waals surface area contributed by atoms with Crippen LogP contribution in [0.25, 0.3) is 0 Å². The highest BCUT2D eigenvalue weighted by molar-refractivity contribution is 9.10. The molecule has 1 amide bonds. The lowest BCUT2D eigenvalue weighted by molar-refractivity contribution is -0.120. The number of phenolic OH excluding ortho intramolecular Hbond substituents is 1. The Morgan fingerprint density at radius 1 is 1.15 bits per heavy atom. The Morgan fingerprint density at radius 2 is 1.80 bits per heavy atom. The number of aromatic hydroxyl groups is 1. The van der Waals surface area contributed by atoms with Crippen LogP contribution < -0.4 is 5.43 Å². The molecule has 0 saturated heterocycles. The second kappa shape index (κ2) is 6.86. The van der Waals surface area contributed by atoms with Crippen molar-refractivity contribution >= 4 is 28.1 Å². The van der Waals surface area contributed by atoms with E-state index in [1.54, 1.807) is 24.3 Å². The lowest BCUT2D eigenvalue weighted by Gasteiger charge is -2.00. The molecular formula is C15H13BrN2O2. The van der Waals surface area contributed by atoms with Gasteiger partial charge in [0.05, 0.1) is 12.6 Å². The summed E-state index contributed by atoms with van der Waals surface area (Å²) in [6.45, 7) is 0. The lowest BCUT2D eigenvalue weighted by Crippen LogP contribution is -2.19. The fourth-order valence-electron chi connectivity index (χ4n) is 1.57. The summed E-state index contributed by atoms with van der Waals surface area (Å²) in [5.74, 6) is 0.0174. The number of rotatable bonds is 4. The summed E-state index contributed by atoms with van der Waals surface area (Å²) < 4.78 is 0.979. The van der Waals surface area contributed by atoms with E-state index in [1.807, 2.05) is 24.3 Å². The van der Waals surface area contributed by atoms with E-state index in [1.165, 1.54) is 6.21 Å². The minimum absolute atomic E-state index is 0.178. The fraction of sp³-hybridized carbons (Fsp3) is 0.0667. The number of hydrogen-bond donors (Lipinski definition) is 2. The number of carbonyl (C=O) groups excluding carboxylic acids is 1. The Balaban J connectivity index is 1.85. The van der Waals surface area contributed by atoms with E-state index in [9.17, 15) is 4.79 Å². The smallest absolute Gasteiger partial charge is 0.244 e. The molecule has 0 aliphatic heterocycles.